The van der Waals surface area contributed by atoms with Gasteiger partial charge in [0.1, 0.15) is 0 Å². The summed E-state index contributed by atoms with van der Waals surface area (Å²) in [6.07, 6.45) is 2.67. The van der Waals surface area contributed by atoms with E-state index in [2.05, 4.69) is 31.0 Å². The van der Waals surface area contributed by atoms with Crippen molar-refractivity contribution in [1.82, 2.24) is 10.2 Å². The lowest BCUT2D eigenvalue weighted by Crippen LogP contribution is -2.28. The predicted molar refractivity (Wildman–Crippen MR) is 68.5 cm³/mol. The minimum atomic E-state index is 0.0834. The van der Waals surface area contributed by atoms with Gasteiger partial charge in [-0.2, -0.15) is 0 Å². The van der Waals surface area contributed by atoms with Gasteiger partial charge >= 0.3 is 0 Å². The highest BCUT2D eigenvalue weighted by molar-refractivity contribution is 5.75. The second kappa shape index (κ2) is 14.4. The van der Waals surface area contributed by atoms with Crippen LogP contribution in [0.4, 0.5) is 0 Å². The number of aliphatic hydroxyl groups excluding tert-OH is 1. The van der Waals surface area contributed by atoms with Crippen molar-refractivity contribution in [3.63, 3.8) is 0 Å². The standard InChI is InChI=1S/C9H20N2O2.C3H8/c1-3-11(7-8-12)6-4-5-9(13)10-2;1-3-2/h12H,3-8H2,1-2H3,(H,10,13);3H2,1-2H3. The number of carbonyl (C=O) groups is 1. The topological polar surface area (TPSA) is 52.6 Å². The molecule has 0 heterocycles. The monoisotopic (exact) mass is 232 g/mol. The van der Waals surface area contributed by atoms with Gasteiger partial charge in [0.15, 0.2) is 0 Å². The first-order chi connectivity index (χ1) is 7.65. The van der Waals surface area contributed by atoms with Gasteiger partial charge in [0.2, 0.25) is 5.91 Å². The van der Waals surface area contributed by atoms with Crippen LogP contribution in [0.15, 0.2) is 0 Å². The van der Waals surface area contributed by atoms with Gasteiger partial charge in [-0.25, -0.2) is 0 Å². The molecule has 0 rings (SSSR count). The molecule has 0 aromatic rings. The van der Waals surface area contributed by atoms with Crippen molar-refractivity contribution in [3.05, 3.63) is 0 Å². The van der Waals surface area contributed by atoms with Gasteiger partial charge in [0.25, 0.3) is 0 Å². The SMILES string of the molecule is CCC.CCN(CCO)CCCC(=O)NC. The van der Waals surface area contributed by atoms with E-state index in [-0.39, 0.29) is 12.5 Å². The van der Waals surface area contributed by atoms with E-state index in [1.54, 1.807) is 7.05 Å². The molecule has 98 valence electrons. The Balaban J connectivity index is 0. The number of nitrogens with one attached hydrogen (secondary N) is 1. The van der Waals surface area contributed by atoms with E-state index >= 15 is 0 Å². The highest BCUT2D eigenvalue weighted by atomic mass is 16.3. The third-order valence-electron chi connectivity index (χ3n) is 2.02. The smallest absolute Gasteiger partial charge is 0.219 e. The summed E-state index contributed by atoms with van der Waals surface area (Å²) in [6.45, 7) is 8.99. The third kappa shape index (κ3) is 13.4. The van der Waals surface area contributed by atoms with Crippen LogP contribution in [0.2, 0.25) is 0 Å². The van der Waals surface area contributed by atoms with E-state index in [0.717, 1.165) is 19.5 Å². The fourth-order valence-electron chi connectivity index (χ4n) is 1.16. The van der Waals surface area contributed by atoms with Crippen LogP contribution in [0.5, 0.6) is 0 Å². The summed E-state index contributed by atoms with van der Waals surface area (Å²) < 4.78 is 0. The Hall–Kier alpha value is -0.610. The number of amides is 1. The molecule has 2 N–H and O–H groups in total. The highest BCUT2D eigenvalue weighted by Crippen LogP contribution is 1.94. The van der Waals surface area contributed by atoms with Crippen molar-refractivity contribution in [2.24, 2.45) is 0 Å². The van der Waals surface area contributed by atoms with E-state index in [4.69, 9.17) is 5.11 Å². The van der Waals surface area contributed by atoms with Gasteiger partial charge in [0, 0.05) is 20.0 Å². The van der Waals surface area contributed by atoms with Gasteiger partial charge in [-0.3, -0.25) is 4.79 Å². The molecule has 0 saturated carbocycles. The zero-order valence-electron chi connectivity index (χ0n) is 11.3. The maximum Gasteiger partial charge on any atom is 0.219 e. The molecule has 16 heavy (non-hydrogen) atoms. The molecule has 0 aromatic heterocycles. The molecular formula is C12H28N2O2. The fourth-order valence-corrected chi connectivity index (χ4v) is 1.16. The predicted octanol–water partition coefficient (Wildman–Crippen LogP) is 1.24. The Labute approximate surface area is 100 Å². The number of carbonyl (C=O) groups excluding carboxylic acids is 1. The molecule has 0 fully saturated rings. The zero-order chi connectivity index (χ0) is 12.8. The Kier molecular flexibility index (Phi) is 16.0. The summed E-state index contributed by atoms with van der Waals surface area (Å²) in [5, 5.41) is 11.3. The summed E-state index contributed by atoms with van der Waals surface area (Å²) in [7, 11) is 1.65. The first-order valence-corrected chi connectivity index (χ1v) is 6.19. The maximum absolute atomic E-state index is 10.9. The normalized spacial score (nSPS) is 9.62. The van der Waals surface area contributed by atoms with E-state index in [9.17, 15) is 4.79 Å². The summed E-state index contributed by atoms with van der Waals surface area (Å²) in [6, 6.07) is 0. The summed E-state index contributed by atoms with van der Waals surface area (Å²) >= 11 is 0. The van der Waals surface area contributed by atoms with Gasteiger partial charge in [-0.15, -0.1) is 0 Å². The quantitative estimate of drug-likeness (QED) is 0.694. The molecule has 0 radical (unpaired) electrons. The lowest BCUT2D eigenvalue weighted by molar-refractivity contribution is -0.120. The minimum absolute atomic E-state index is 0.0834. The van der Waals surface area contributed by atoms with Crippen LogP contribution in [0, 0.1) is 0 Å². The third-order valence-corrected chi connectivity index (χ3v) is 2.02. The second-order valence-electron chi connectivity index (χ2n) is 3.64. The van der Waals surface area contributed by atoms with E-state index in [1.165, 1.54) is 6.42 Å². The second-order valence-corrected chi connectivity index (χ2v) is 3.64. The number of hydrogen-bond acceptors (Lipinski definition) is 3. The first kappa shape index (κ1) is 17.8. The number of nitrogens with zero attached hydrogens (tertiary/aromatic N) is 1. The Morgan fingerprint density at radius 2 is 1.81 bits per heavy atom. The van der Waals surface area contributed by atoms with Gasteiger partial charge < -0.3 is 15.3 Å². The molecule has 0 atom stereocenters. The molecule has 0 saturated heterocycles. The molecular weight excluding hydrogens is 204 g/mol. The van der Waals surface area contributed by atoms with Gasteiger partial charge in [-0.1, -0.05) is 27.2 Å². The zero-order valence-corrected chi connectivity index (χ0v) is 11.3. The van der Waals surface area contributed by atoms with Crippen LogP contribution in [-0.4, -0.2) is 49.2 Å². The summed E-state index contributed by atoms with van der Waals surface area (Å²) in [5.41, 5.74) is 0. The molecule has 0 aromatic carbocycles. The van der Waals surface area contributed by atoms with Crippen LogP contribution in [-0.2, 0) is 4.79 Å². The molecule has 0 aliphatic rings. The van der Waals surface area contributed by atoms with Crippen molar-refractivity contribution >= 4 is 5.91 Å². The minimum Gasteiger partial charge on any atom is -0.395 e. The van der Waals surface area contributed by atoms with E-state index in [0.29, 0.717) is 13.0 Å². The number of aliphatic hydroxyl groups is 1. The van der Waals surface area contributed by atoms with Crippen molar-refractivity contribution in [3.8, 4) is 0 Å². The molecule has 4 nitrogen and oxygen atoms in total. The van der Waals surface area contributed by atoms with E-state index < -0.39 is 0 Å². The van der Waals surface area contributed by atoms with Crippen molar-refractivity contribution in [2.75, 3.05) is 33.3 Å². The number of likely N-dealkylation sites (N-methyl/N-ethyl adjacent to an activating group) is 1. The molecule has 0 spiro atoms. The molecule has 4 heteroatoms. The average Bonchev–Trinajstić information content (AvgIpc) is 2.28. The summed E-state index contributed by atoms with van der Waals surface area (Å²) in [5.74, 6) is 0.0834. The molecule has 0 aliphatic carbocycles. The Bertz CT molecular complexity index is 152. The van der Waals surface area contributed by atoms with E-state index in [1.807, 2.05) is 0 Å². The fraction of sp³-hybridized carbons (Fsp3) is 0.917. The van der Waals surface area contributed by atoms with Crippen LogP contribution < -0.4 is 5.32 Å². The molecule has 1 amide bonds. The lowest BCUT2D eigenvalue weighted by Gasteiger charge is -2.18. The van der Waals surface area contributed by atoms with Crippen molar-refractivity contribution in [2.45, 2.75) is 40.0 Å². The maximum atomic E-state index is 10.9. The van der Waals surface area contributed by atoms with Crippen molar-refractivity contribution in [1.29, 1.82) is 0 Å². The van der Waals surface area contributed by atoms with Crippen LogP contribution >= 0.6 is 0 Å². The lowest BCUT2D eigenvalue weighted by atomic mass is 10.3. The van der Waals surface area contributed by atoms with Gasteiger partial charge in [0.05, 0.1) is 6.61 Å². The van der Waals surface area contributed by atoms with Crippen LogP contribution in [0.1, 0.15) is 40.0 Å². The largest absolute Gasteiger partial charge is 0.395 e. The number of rotatable bonds is 7. The molecule has 0 aliphatic heterocycles. The average molecular weight is 232 g/mol. The van der Waals surface area contributed by atoms with Crippen LogP contribution in [0.3, 0.4) is 0 Å². The van der Waals surface area contributed by atoms with Crippen molar-refractivity contribution < 1.29 is 9.90 Å². The number of hydrogen-bond donors (Lipinski definition) is 2. The summed E-state index contributed by atoms with van der Waals surface area (Å²) in [4.78, 5) is 13.0. The van der Waals surface area contributed by atoms with Gasteiger partial charge in [-0.05, 0) is 19.5 Å². The molecule has 0 unspecified atom stereocenters. The Morgan fingerprint density at radius 1 is 1.25 bits per heavy atom. The Morgan fingerprint density at radius 3 is 2.19 bits per heavy atom. The highest BCUT2D eigenvalue weighted by Gasteiger charge is 2.02. The van der Waals surface area contributed by atoms with Crippen LogP contribution in [0.25, 0.3) is 0 Å². The molecule has 0 bridgehead atoms. The first-order valence-electron chi connectivity index (χ1n) is 6.19.